The predicted octanol–water partition coefficient (Wildman–Crippen LogP) is 3.55. The first-order valence-electron chi connectivity index (χ1n) is 6.72. The second-order valence-corrected chi connectivity index (χ2v) is 4.66. The van der Waals surface area contributed by atoms with Gasteiger partial charge in [0.15, 0.2) is 5.82 Å². The van der Waals surface area contributed by atoms with E-state index in [4.69, 9.17) is 16.3 Å². The summed E-state index contributed by atoms with van der Waals surface area (Å²) in [5.74, 6) is 0.343. The predicted molar refractivity (Wildman–Crippen MR) is 80.2 cm³/mol. The first-order chi connectivity index (χ1) is 10.1. The number of ether oxygens (including phenoxy) is 1. The van der Waals surface area contributed by atoms with Gasteiger partial charge in [-0.2, -0.15) is 15.0 Å². The van der Waals surface area contributed by atoms with Crippen molar-refractivity contribution in [2.24, 2.45) is 0 Å². The van der Waals surface area contributed by atoms with Crippen molar-refractivity contribution in [1.29, 1.82) is 0 Å². The van der Waals surface area contributed by atoms with Gasteiger partial charge in [-0.15, -0.1) is 0 Å². The molecule has 1 aromatic carbocycles. The van der Waals surface area contributed by atoms with Gasteiger partial charge in [-0.3, -0.25) is 0 Å². The van der Waals surface area contributed by atoms with Gasteiger partial charge < -0.3 is 10.1 Å². The van der Waals surface area contributed by atoms with Crippen molar-refractivity contribution in [3.8, 4) is 17.4 Å². The Morgan fingerprint density at radius 2 is 2.05 bits per heavy atom. The second kappa shape index (κ2) is 7.17. The molecule has 1 aromatic heterocycles. The fraction of sp³-hybridized carbons (Fsp3) is 0.357. The molecule has 112 valence electrons. The molecular weight excluding hydrogens is 295 g/mol. The van der Waals surface area contributed by atoms with E-state index in [-0.39, 0.29) is 11.0 Å². The van der Waals surface area contributed by atoms with E-state index in [2.05, 4.69) is 20.3 Å². The van der Waals surface area contributed by atoms with Crippen LogP contribution in [0.3, 0.4) is 0 Å². The second-order valence-electron chi connectivity index (χ2n) is 4.25. The molecular formula is C14H16ClFN4O. The summed E-state index contributed by atoms with van der Waals surface area (Å²) < 4.78 is 18.5. The standard InChI is InChI=1S/C14H16ClFN4O/c1-3-7-17-13-18-12(19-14(20-13)21-4-2)10-6-5-9(16)8-11(10)15/h5-6,8H,3-4,7H2,1-2H3,(H,17,18,19,20). The molecule has 0 aliphatic carbocycles. The minimum atomic E-state index is -0.410. The smallest absolute Gasteiger partial charge is 0.321 e. The van der Waals surface area contributed by atoms with Crippen LogP contribution in [-0.4, -0.2) is 28.1 Å². The summed E-state index contributed by atoms with van der Waals surface area (Å²) in [4.78, 5) is 12.7. The lowest BCUT2D eigenvalue weighted by atomic mass is 10.2. The zero-order chi connectivity index (χ0) is 15.2. The number of rotatable bonds is 6. The van der Waals surface area contributed by atoms with E-state index >= 15 is 0 Å². The maximum atomic E-state index is 13.1. The lowest BCUT2D eigenvalue weighted by Crippen LogP contribution is -2.08. The zero-order valence-electron chi connectivity index (χ0n) is 11.9. The molecule has 0 radical (unpaired) electrons. The Hall–Kier alpha value is -1.95. The average molecular weight is 311 g/mol. The maximum Gasteiger partial charge on any atom is 0.321 e. The third-order valence-electron chi connectivity index (χ3n) is 2.59. The van der Waals surface area contributed by atoms with E-state index in [0.29, 0.717) is 23.9 Å². The molecule has 5 nitrogen and oxygen atoms in total. The number of hydrogen-bond donors (Lipinski definition) is 1. The fourth-order valence-electron chi connectivity index (χ4n) is 1.66. The Labute approximate surface area is 127 Å². The summed E-state index contributed by atoms with van der Waals surface area (Å²) >= 11 is 6.05. The Morgan fingerprint density at radius 1 is 1.24 bits per heavy atom. The molecule has 2 aromatic rings. The first-order valence-corrected chi connectivity index (χ1v) is 7.10. The molecule has 0 spiro atoms. The van der Waals surface area contributed by atoms with Gasteiger partial charge in [-0.1, -0.05) is 18.5 Å². The molecule has 0 aliphatic rings. The van der Waals surface area contributed by atoms with E-state index in [1.54, 1.807) is 0 Å². The van der Waals surface area contributed by atoms with Crippen molar-refractivity contribution in [2.75, 3.05) is 18.5 Å². The zero-order valence-corrected chi connectivity index (χ0v) is 12.6. The van der Waals surface area contributed by atoms with Crippen LogP contribution in [0.4, 0.5) is 10.3 Å². The van der Waals surface area contributed by atoms with Crippen LogP contribution >= 0.6 is 11.6 Å². The van der Waals surface area contributed by atoms with Gasteiger partial charge in [0.05, 0.1) is 11.6 Å². The third kappa shape index (κ3) is 4.01. The van der Waals surface area contributed by atoms with Crippen LogP contribution in [0.15, 0.2) is 18.2 Å². The summed E-state index contributed by atoms with van der Waals surface area (Å²) in [7, 11) is 0. The molecule has 0 fully saturated rings. The van der Waals surface area contributed by atoms with Crippen molar-refractivity contribution in [2.45, 2.75) is 20.3 Å². The van der Waals surface area contributed by atoms with Crippen LogP contribution < -0.4 is 10.1 Å². The Bertz CT molecular complexity index is 624. The van der Waals surface area contributed by atoms with E-state index < -0.39 is 5.82 Å². The van der Waals surface area contributed by atoms with Gasteiger partial charge in [0.1, 0.15) is 5.82 Å². The van der Waals surface area contributed by atoms with Crippen LogP contribution in [-0.2, 0) is 0 Å². The summed E-state index contributed by atoms with van der Waals surface area (Å²) in [6.45, 7) is 5.04. The topological polar surface area (TPSA) is 59.9 Å². The van der Waals surface area contributed by atoms with E-state index in [1.807, 2.05) is 13.8 Å². The first kappa shape index (κ1) is 15.4. The highest BCUT2D eigenvalue weighted by atomic mass is 35.5. The molecule has 0 unspecified atom stereocenters. The Morgan fingerprint density at radius 3 is 2.71 bits per heavy atom. The highest BCUT2D eigenvalue weighted by Crippen LogP contribution is 2.27. The molecule has 21 heavy (non-hydrogen) atoms. The monoisotopic (exact) mass is 310 g/mol. The van der Waals surface area contributed by atoms with Crippen molar-refractivity contribution < 1.29 is 9.13 Å². The molecule has 0 saturated heterocycles. The Balaban J connectivity index is 2.43. The van der Waals surface area contributed by atoms with Crippen LogP contribution in [0.5, 0.6) is 6.01 Å². The minimum absolute atomic E-state index is 0.210. The fourth-order valence-corrected chi connectivity index (χ4v) is 1.91. The summed E-state index contributed by atoms with van der Waals surface area (Å²) in [6.07, 6.45) is 0.933. The highest BCUT2D eigenvalue weighted by molar-refractivity contribution is 6.33. The van der Waals surface area contributed by atoms with Gasteiger partial charge in [-0.25, -0.2) is 4.39 Å². The molecule has 2 rings (SSSR count). The number of anilines is 1. The lowest BCUT2D eigenvalue weighted by Gasteiger charge is -2.09. The average Bonchev–Trinajstić information content (AvgIpc) is 2.45. The van der Waals surface area contributed by atoms with Crippen molar-refractivity contribution in [3.05, 3.63) is 29.0 Å². The van der Waals surface area contributed by atoms with Gasteiger partial charge in [-0.05, 0) is 31.5 Å². The normalized spacial score (nSPS) is 10.5. The van der Waals surface area contributed by atoms with Crippen molar-refractivity contribution in [1.82, 2.24) is 15.0 Å². The highest BCUT2D eigenvalue weighted by Gasteiger charge is 2.12. The molecule has 0 saturated carbocycles. The van der Waals surface area contributed by atoms with Crippen LogP contribution in [0, 0.1) is 5.82 Å². The van der Waals surface area contributed by atoms with Crippen LogP contribution in [0.2, 0.25) is 5.02 Å². The number of hydrogen-bond acceptors (Lipinski definition) is 5. The van der Waals surface area contributed by atoms with Crippen molar-refractivity contribution >= 4 is 17.5 Å². The molecule has 0 aliphatic heterocycles. The SMILES string of the molecule is CCCNc1nc(OCC)nc(-c2ccc(F)cc2Cl)n1. The molecule has 1 heterocycles. The third-order valence-corrected chi connectivity index (χ3v) is 2.91. The number of aromatic nitrogens is 3. The van der Waals surface area contributed by atoms with Gasteiger partial charge >= 0.3 is 6.01 Å². The summed E-state index contributed by atoms with van der Waals surface area (Å²) in [5.41, 5.74) is 0.529. The molecule has 0 bridgehead atoms. The molecule has 1 N–H and O–H groups in total. The largest absolute Gasteiger partial charge is 0.464 e. The Kier molecular flexibility index (Phi) is 5.27. The number of halogens is 2. The van der Waals surface area contributed by atoms with E-state index in [0.717, 1.165) is 13.0 Å². The van der Waals surface area contributed by atoms with Crippen LogP contribution in [0.25, 0.3) is 11.4 Å². The van der Waals surface area contributed by atoms with Crippen molar-refractivity contribution in [3.63, 3.8) is 0 Å². The van der Waals surface area contributed by atoms with Gasteiger partial charge in [0.2, 0.25) is 5.95 Å². The summed E-state index contributed by atoms with van der Waals surface area (Å²) in [6, 6.07) is 4.28. The van der Waals surface area contributed by atoms with Crippen LogP contribution in [0.1, 0.15) is 20.3 Å². The van der Waals surface area contributed by atoms with E-state index in [9.17, 15) is 4.39 Å². The maximum absolute atomic E-state index is 13.1. The van der Waals surface area contributed by atoms with Gasteiger partial charge in [0, 0.05) is 12.1 Å². The quantitative estimate of drug-likeness (QED) is 0.884. The van der Waals surface area contributed by atoms with Gasteiger partial charge in [0.25, 0.3) is 0 Å². The molecule has 0 amide bonds. The number of nitrogens with zero attached hydrogens (tertiary/aromatic N) is 3. The summed E-state index contributed by atoms with van der Waals surface area (Å²) in [5, 5.41) is 3.32. The number of nitrogens with one attached hydrogen (secondary N) is 1. The van der Waals surface area contributed by atoms with E-state index in [1.165, 1.54) is 18.2 Å². The number of benzene rings is 1. The lowest BCUT2D eigenvalue weighted by molar-refractivity contribution is 0.312. The minimum Gasteiger partial charge on any atom is -0.464 e. The molecule has 0 atom stereocenters. The molecule has 7 heteroatoms.